The Hall–Kier alpha value is -1.51. The fraction of sp³-hybridized carbons (Fsp3) is 0.462. The molecule has 0 unspecified atom stereocenters. The Morgan fingerprint density at radius 1 is 1.25 bits per heavy atom. The molecule has 2 N–H and O–H groups in total. The maximum absolute atomic E-state index is 11.5. The van der Waals surface area contributed by atoms with Gasteiger partial charge in [0, 0.05) is 11.1 Å². The van der Waals surface area contributed by atoms with E-state index >= 15 is 0 Å². The molecule has 1 aromatic rings. The quantitative estimate of drug-likeness (QED) is 0.795. The van der Waals surface area contributed by atoms with Crippen molar-refractivity contribution >= 4 is 11.5 Å². The van der Waals surface area contributed by atoms with Gasteiger partial charge in [0.1, 0.15) is 5.76 Å². The normalized spacial score (nSPS) is 13.1. The minimum absolute atomic E-state index is 0.0972. The maximum Gasteiger partial charge on any atom is 0.245 e. The topological polar surface area (TPSA) is 56.2 Å². The largest absolute Gasteiger partial charge is 0.465 e. The van der Waals surface area contributed by atoms with Gasteiger partial charge in [0.15, 0.2) is 0 Å². The van der Waals surface area contributed by atoms with Crippen LogP contribution in [0.2, 0.25) is 0 Å². The molecular formula is C13H19NO2. The van der Waals surface area contributed by atoms with Gasteiger partial charge in [-0.3, -0.25) is 4.79 Å². The van der Waals surface area contributed by atoms with Gasteiger partial charge in [0.05, 0.1) is 6.26 Å². The molecule has 1 rings (SSSR count). The van der Waals surface area contributed by atoms with Crippen molar-refractivity contribution in [1.82, 2.24) is 0 Å². The predicted octanol–water partition coefficient (Wildman–Crippen LogP) is 2.83. The molecule has 3 nitrogen and oxygen atoms in total. The number of carbonyl (C=O) groups excluding carboxylic acids is 1. The second kappa shape index (κ2) is 5.01. The van der Waals surface area contributed by atoms with E-state index in [9.17, 15) is 4.79 Å². The van der Waals surface area contributed by atoms with Gasteiger partial charge in [0.2, 0.25) is 5.91 Å². The van der Waals surface area contributed by atoms with E-state index in [1.807, 2.05) is 39.8 Å². The van der Waals surface area contributed by atoms with Crippen molar-refractivity contribution in [2.45, 2.75) is 27.7 Å². The number of primary amides is 1. The molecule has 1 heterocycles. The van der Waals surface area contributed by atoms with Crippen LogP contribution in [0.25, 0.3) is 5.57 Å². The van der Waals surface area contributed by atoms with Gasteiger partial charge in [-0.15, -0.1) is 0 Å². The Kier molecular flexibility index (Phi) is 3.93. The molecule has 16 heavy (non-hydrogen) atoms. The van der Waals surface area contributed by atoms with Crippen molar-refractivity contribution in [3.05, 3.63) is 29.7 Å². The molecule has 3 heteroatoms. The van der Waals surface area contributed by atoms with Crippen molar-refractivity contribution in [1.29, 1.82) is 0 Å². The molecular weight excluding hydrogens is 202 g/mol. The number of hydrogen-bond acceptors (Lipinski definition) is 2. The maximum atomic E-state index is 11.5. The number of hydrogen-bond donors (Lipinski definition) is 1. The number of furan rings is 1. The van der Waals surface area contributed by atoms with E-state index in [0.29, 0.717) is 5.57 Å². The second-order valence-electron chi connectivity index (χ2n) is 4.48. The van der Waals surface area contributed by atoms with Crippen LogP contribution in [0.5, 0.6) is 0 Å². The third kappa shape index (κ3) is 2.54. The van der Waals surface area contributed by atoms with Crippen molar-refractivity contribution < 1.29 is 9.21 Å². The van der Waals surface area contributed by atoms with E-state index < -0.39 is 0 Å². The highest BCUT2D eigenvalue weighted by molar-refractivity contribution is 6.00. The highest BCUT2D eigenvalue weighted by Crippen LogP contribution is 2.30. The fourth-order valence-electron chi connectivity index (χ4n) is 1.89. The number of rotatable bonds is 4. The smallest absolute Gasteiger partial charge is 0.245 e. The van der Waals surface area contributed by atoms with E-state index in [1.165, 1.54) is 0 Å². The van der Waals surface area contributed by atoms with E-state index in [-0.39, 0.29) is 17.7 Å². The van der Waals surface area contributed by atoms with E-state index in [0.717, 1.165) is 11.3 Å². The Labute approximate surface area is 96.3 Å². The highest BCUT2D eigenvalue weighted by Gasteiger charge is 2.21. The van der Waals surface area contributed by atoms with Crippen LogP contribution in [-0.4, -0.2) is 5.91 Å². The summed E-state index contributed by atoms with van der Waals surface area (Å²) in [5, 5.41) is 0. The molecule has 0 bridgehead atoms. The second-order valence-corrected chi connectivity index (χ2v) is 4.48. The first-order valence-electron chi connectivity index (χ1n) is 5.52. The molecule has 0 fully saturated rings. The zero-order chi connectivity index (χ0) is 12.3. The zero-order valence-corrected chi connectivity index (χ0v) is 10.3. The first-order valence-corrected chi connectivity index (χ1v) is 5.52. The van der Waals surface area contributed by atoms with Crippen LogP contribution in [0.3, 0.4) is 0 Å². The standard InChI is InChI=1S/C13H19NO2/c1-8(2)11(10-6-5-7-16-10)12(9(3)4)13(14)15/h5-9H,1-4H3,(H2,14,15). The van der Waals surface area contributed by atoms with Gasteiger partial charge < -0.3 is 10.2 Å². The average Bonchev–Trinajstić information content (AvgIpc) is 2.64. The van der Waals surface area contributed by atoms with Gasteiger partial charge in [-0.1, -0.05) is 27.7 Å². The van der Waals surface area contributed by atoms with E-state index in [4.69, 9.17) is 10.2 Å². The Balaban J connectivity index is 3.38. The van der Waals surface area contributed by atoms with Gasteiger partial charge in [-0.05, 0) is 24.0 Å². The van der Waals surface area contributed by atoms with Crippen LogP contribution >= 0.6 is 0 Å². The summed E-state index contributed by atoms with van der Waals surface area (Å²) in [6.45, 7) is 7.99. The lowest BCUT2D eigenvalue weighted by Crippen LogP contribution is -2.20. The van der Waals surface area contributed by atoms with Crippen molar-refractivity contribution in [3.63, 3.8) is 0 Å². The summed E-state index contributed by atoms with van der Waals surface area (Å²) in [6, 6.07) is 3.68. The first-order chi connectivity index (χ1) is 7.45. The monoisotopic (exact) mass is 221 g/mol. The average molecular weight is 221 g/mol. The van der Waals surface area contributed by atoms with Crippen LogP contribution in [-0.2, 0) is 4.79 Å². The van der Waals surface area contributed by atoms with Gasteiger partial charge >= 0.3 is 0 Å². The molecule has 0 aliphatic heterocycles. The molecule has 1 aromatic heterocycles. The number of carbonyl (C=O) groups is 1. The van der Waals surface area contributed by atoms with E-state index in [1.54, 1.807) is 6.26 Å². The SMILES string of the molecule is CC(C)C(C(N)=O)=C(c1ccco1)C(C)C. The number of allylic oxidation sites excluding steroid dienone is 1. The zero-order valence-electron chi connectivity index (χ0n) is 10.3. The predicted molar refractivity (Wildman–Crippen MR) is 64.5 cm³/mol. The lowest BCUT2D eigenvalue weighted by atomic mass is 9.88. The summed E-state index contributed by atoms with van der Waals surface area (Å²) in [6.07, 6.45) is 1.61. The minimum atomic E-state index is -0.366. The minimum Gasteiger partial charge on any atom is -0.465 e. The summed E-state index contributed by atoms with van der Waals surface area (Å²) < 4.78 is 5.37. The summed E-state index contributed by atoms with van der Waals surface area (Å²) >= 11 is 0. The molecule has 0 aromatic carbocycles. The van der Waals surface area contributed by atoms with E-state index in [2.05, 4.69) is 0 Å². The molecule has 0 aliphatic carbocycles. The van der Waals surface area contributed by atoms with Crippen molar-refractivity contribution in [2.24, 2.45) is 17.6 Å². The Morgan fingerprint density at radius 2 is 1.88 bits per heavy atom. The molecule has 0 aliphatic rings. The van der Waals surface area contributed by atoms with Gasteiger partial charge in [-0.25, -0.2) is 0 Å². The summed E-state index contributed by atoms with van der Waals surface area (Å²) in [5.74, 6) is 0.670. The fourth-order valence-corrected chi connectivity index (χ4v) is 1.89. The summed E-state index contributed by atoms with van der Waals surface area (Å²) in [5.41, 5.74) is 7.01. The van der Waals surface area contributed by atoms with Crippen LogP contribution in [0.15, 0.2) is 28.4 Å². The van der Waals surface area contributed by atoms with Crippen LogP contribution in [0.1, 0.15) is 33.5 Å². The molecule has 1 amide bonds. The highest BCUT2D eigenvalue weighted by atomic mass is 16.3. The van der Waals surface area contributed by atoms with Crippen molar-refractivity contribution in [3.8, 4) is 0 Å². The molecule has 0 atom stereocenters. The van der Waals surface area contributed by atoms with Gasteiger partial charge in [0.25, 0.3) is 0 Å². The molecule has 0 radical (unpaired) electrons. The molecule has 0 saturated carbocycles. The van der Waals surface area contributed by atoms with Crippen LogP contribution in [0.4, 0.5) is 0 Å². The molecule has 0 saturated heterocycles. The molecule has 88 valence electrons. The summed E-state index contributed by atoms with van der Waals surface area (Å²) in [7, 11) is 0. The lowest BCUT2D eigenvalue weighted by molar-refractivity contribution is -0.114. The Bertz CT molecular complexity index is 386. The Morgan fingerprint density at radius 3 is 2.19 bits per heavy atom. The third-order valence-electron chi connectivity index (χ3n) is 2.50. The lowest BCUT2D eigenvalue weighted by Gasteiger charge is -2.17. The first kappa shape index (κ1) is 12.6. The van der Waals surface area contributed by atoms with Crippen molar-refractivity contribution in [2.75, 3.05) is 0 Å². The molecule has 0 spiro atoms. The van der Waals surface area contributed by atoms with Crippen LogP contribution < -0.4 is 5.73 Å². The van der Waals surface area contributed by atoms with Crippen LogP contribution in [0, 0.1) is 11.8 Å². The van der Waals surface area contributed by atoms with Gasteiger partial charge in [-0.2, -0.15) is 0 Å². The third-order valence-corrected chi connectivity index (χ3v) is 2.50. The number of nitrogens with two attached hydrogens (primary N) is 1. The number of amides is 1. The summed E-state index contributed by atoms with van der Waals surface area (Å²) in [4.78, 5) is 11.5.